The van der Waals surface area contributed by atoms with Crippen LogP contribution in [0.15, 0.2) is 6.33 Å². The molecule has 1 aromatic rings. The number of rotatable bonds is 8. The van der Waals surface area contributed by atoms with Gasteiger partial charge in [-0.25, -0.2) is 4.98 Å². The molecule has 0 saturated heterocycles. The first-order valence-electron chi connectivity index (χ1n) is 6.77. The molecule has 0 aromatic carbocycles. The molecule has 0 spiro atoms. The minimum Gasteiger partial charge on any atom is -0.392 e. The third-order valence-corrected chi connectivity index (χ3v) is 3.38. The van der Waals surface area contributed by atoms with Crippen LogP contribution in [0.5, 0.6) is 0 Å². The van der Waals surface area contributed by atoms with E-state index in [1.54, 1.807) is 6.33 Å². The highest BCUT2D eigenvalue weighted by molar-refractivity contribution is 4.89. The average Bonchev–Trinajstić information content (AvgIpc) is 2.77. The van der Waals surface area contributed by atoms with E-state index in [4.69, 9.17) is 0 Å². The van der Waals surface area contributed by atoms with Crippen LogP contribution in [0.1, 0.15) is 52.3 Å². The van der Waals surface area contributed by atoms with Crippen molar-refractivity contribution in [3.63, 3.8) is 0 Å². The third kappa shape index (κ3) is 4.11. The maximum Gasteiger partial charge on any atom is 0.138 e. The van der Waals surface area contributed by atoms with Gasteiger partial charge in [0.1, 0.15) is 12.2 Å². The van der Waals surface area contributed by atoms with Crippen LogP contribution in [0.3, 0.4) is 0 Å². The summed E-state index contributed by atoms with van der Waals surface area (Å²) in [5.41, 5.74) is 0. The van der Waals surface area contributed by atoms with Crippen LogP contribution in [0.4, 0.5) is 0 Å². The number of hydrogen-bond acceptors (Lipinski definition) is 3. The maximum atomic E-state index is 10.2. The number of aliphatic hydroxyl groups excluding tert-OH is 1. The number of nitrogens with zero attached hydrogens (tertiary/aromatic N) is 3. The lowest BCUT2D eigenvalue weighted by atomic mass is 9.91. The van der Waals surface area contributed by atoms with Crippen molar-refractivity contribution in [2.24, 2.45) is 5.92 Å². The van der Waals surface area contributed by atoms with Crippen molar-refractivity contribution in [1.29, 1.82) is 0 Å². The summed E-state index contributed by atoms with van der Waals surface area (Å²) in [5.74, 6) is 1.28. The molecule has 0 aliphatic rings. The van der Waals surface area contributed by atoms with Crippen molar-refractivity contribution >= 4 is 0 Å². The van der Waals surface area contributed by atoms with Crippen LogP contribution < -0.4 is 0 Å². The Balaban J connectivity index is 2.54. The fraction of sp³-hybridized carbons (Fsp3) is 0.846. The molecule has 4 nitrogen and oxygen atoms in total. The van der Waals surface area contributed by atoms with Gasteiger partial charge in [0.05, 0.1) is 6.10 Å². The molecule has 0 amide bonds. The molecule has 1 aromatic heterocycles. The van der Waals surface area contributed by atoms with Crippen LogP contribution in [0.25, 0.3) is 0 Å². The number of aryl methyl sites for hydroxylation is 1. The summed E-state index contributed by atoms with van der Waals surface area (Å²) in [6.45, 7) is 7.19. The number of aliphatic hydroxyl groups is 1. The van der Waals surface area contributed by atoms with Gasteiger partial charge in [-0.2, -0.15) is 5.10 Å². The van der Waals surface area contributed by atoms with Crippen LogP contribution in [-0.2, 0) is 13.0 Å². The molecule has 0 aliphatic heterocycles. The standard InChI is InChI=1S/C13H25N3O/c1-4-7-8-11(5-2)12(17)9-13-14-10-15-16(13)6-3/h10-12,17H,4-9H2,1-3H3. The number of hydrogen-bond donors (Lipinski definition) is 1. The lowest BCUT2D eigenvalue weighted by Crippen LogP contribution is -2.24. The molecule has 4 heteroatoms. The lowest BCUT2D eigenvalue weighted by molar-refractivity contribution is 0.0957. The first kappa shape index (κ1) is 14.2. The second-order valence-electron chi connectivity index (χ2n) is 4.57. The largest absolute Gasteiger partial charge is 0.392 e. The van der Waals surface area contributed by atoms with Crippen molar-refractivity contribution < 1.29 is 5.11 Å². The van der Waals surface area contributed by atoms with Gasteiger partial charge in [0.15, 0.2) is 0 Å². The van der Waals surface area contributed by atoms with E-state index in [1.165, 1.54) is 12.8 Å². The molecule has 0 fully saturated rings. The van der Waals surface area contributed by atoms with Crippen molar-refractivity contribution in [2.75, 3.05) is 0 Å². The maximum absolute atomic E-state index is 10.2. The zero-order valence-electron chi connectivity index (χ0n) is 11.3. The molecule has 0 radical (unpaired) electrons. The Morgan fingerprint density at radius 2 is 2.12 bits per heavy atom. The molecule has 2 atom stereocenters. The SMILES string of the molecule is CCCCC(CC)C(O)Cc1ncnn1CC. The Kier molecular flexibility index (Phi) is 6.19. The summed E-state index contributed by atoms with van der Waals surface area (Å²) >= 11 is 0. The summed E-state index contributed by atoms with van der Waals surface area (Å²) in [6.07, 6.45) is 6.41. The van der Waals surface area contributed by atoms with Gasteiger partial charge < -0.3 is 5.11 Å². The van der Waals surface area contributed by atoms with Gasteiger partial charge in [-0.1, -0.05) is 33.1 Å². The molecule has 0 saturated carbocycles. The van der Waals surface area contributed by atoms with E-state index in [0.717, 1.165) is 25.2 Å². The normalized spacial score (nSPS) is 14.8. The van der Waals surface area contributed by atoms with Gasteiger partial charge in [-0.3, -0.25) is 4.68 Å². The first-order valence-corrected chi connectivity index (χ1v) is 6.77. The van der Waals surface area contributed by atoms with Crippen molar-refractivity contribution in [2.45, 2.75) is 65.5 Å². The fourth-order valence-corrected chi connectivity index (χ4v) is 2.20. The molecular formula is C13H25N3O. The molecule has 1 N–H and O–H groups in total. The molecule has 2 unspecified atom stereocenters. The molecule has 98 valence electrons. The summed E-state index contributed by atoms with van der Waals surface area (Å²) in [4.78, 5) is 4.22. The Labute approximate surface area is 104 Å². The highest BCUT2D eigenvalue weighted by Gasteiger charge is 2.19. The predicted octanol–water partition coefficient (Wildman–Crippen LogP) is 2.42. The van der Waals surface area contributed by atoms with Crippen LogP contribution in [0.2, 0.25) is 0 Å². The van der Waals surface area contributed by atoms with Crippen LogP contribution in [0, 0.1) is 5.92 Å². The summed E-state index contributed by atoms with van der Waals surface area (Å²) < 4.78 is 1.86. The van der Waals surface area contributed by atoms with E-state index in [9.17, 15) is 5.11 Å². The summed E-state index contributed by atoms with van der Waals surface area (Å²) in [7, 11) is 0. The molecule has 0 bridgehead atoms. The van der Waals surface area contributed by atoms with Gasteiger partial charge in [0.2, 0.25) is 0 Å². The third-order valence-electron chi connectivity index (χ3n) is 3.38. The van der Waals surface area contributed by atoms with Crippen molar-refractivity contribution in [3.8, 4) is 0 Å². The molecule has 1 heterocycles. The minimum atomic E-state index is -0.291. The topological polar surface area (TPSA) is 50.9 Å². The smallest absolute Gasteiger partial charge is 0.138 e. The zero-order valence-corrected chi connectivity index (χ0v) is 11.3. The second-order valence-corrected chi connectivity index (χ2v) is 4.57. The Morgan fingerprint density at radius 3 is 2.71 bits per heavy atom. The second kappa shape index (κ2) is 7.43. The fourth-order valence-electron chi connectivity index (χ4n) is 2.20. The summed E-state index contributed by atoms with van der Waals surface area (Å²) in [6, 6.07) is 0. The van der Waals surface area contributed by atoms with E-state index in [0.29, 0.717) is 12.3 Å². The first-order chi connectivity index (χ1) is 8.22. The predicted molar refractivity (Wildman–Crippen MR) is 68.7 cm³/mol. The quantitative estimate of drug-likeness (QED) is 0.758. The van der Waals surface area contributed by atoms with Crippen LogP contribution >= 0.6 is 0 Å². The van der Waals surface area contributed by atoms with Gasteiger partial charge in [-0.05, 0) is 19.3 Å². The van der Waals surface area contributed by atoms with Crippen molar-refractivity contribution in [1.82, 2.24) is 14.8 Å². The zero-order chi connectivity index (χ0) is 12.7. The van der Waals surface area contributed by atoms with Gasteiger partial charge in [0, 0.05) is 13.0 Å². The molecule has 0 aliphatic carbocycles. The number of unbranched alkanes of at least 4 members (excludes halogenated alkanes) is 1. The average molecular weight is 239 g/mol. The van der Waals surface area contributed by atoms with E-state index in [1.807, 2.05) is 11.6 Å². The minimum absolute atomic E-state index is 0.291. The van der Waals surface area contributed by atoms with Gasteiger partial charge >= 0.3 is 0 Å². The monoisotopic (exact) mass is 239 g/mol. The van der Waals surface area contributed by atoms with Crippen LogP contribution in [-0.4, -0.2) is 26.0 Å². The van der Waals surface area contributed by atoms with Gasteiger partial charge in [-0.15, -0.1) is 0 Å². The molecular weight excluding hydrogens is 214 g/mol. The van der Waals surface area contributed by atoms with E-state index in [2.05, 4.69) is 23.9 Å². The Hall–Kier alpha value is -0.900. The lowest BCUT2D eigenvalue weighted by Gasteiger charge is -2.21. The summed E-state index contributed by atoms with van der Waals surface area (Å²) in [5, 5.41) is 14.4. The van der Waals surface area contributed by atoms with E-state index in [-0.39, 0.29) is 6.10 Å². The van der Waals surface area contributed by atoms with Gasteiger partial charge in [0.25, 0.3) is 0 Å². The van der Waals surface area contributed by atoms with E-state index >= 15 is 0 Å². The Morgan fingerprint density at radius 1 is 1.35 bits per heavy atom. The Bertz CT molecular complexity index is 311. The number of aromatic nitrogens is 3. The molecule has 1 rings (SSSR count). The highest BCUT2D eigenvalue weighted by Crippen LogP contribution is 2.19. The van der Waals surface area contributed by atoms with E-state index < -0.39 is 0 Å². The van der Waals surface area contributed by atoms with Crippen molar-refractivity contribution in [3.05, 3.63) is 12.2 Å². The highest BCUT2D eigenvalue weighted by atomic mass is 16.3. The molecule has 17 heavy (non-hydrogen) atoms.